The van der Waals surface area contributed by atoms with Gasteiger partial charge in [0.1, 0.15) is 0 Å². The molecule has 1 aliphatic carbocycles. The lowest BCUT2D eigenvalue weighted by molar-refractivity contribution is 1.11. The van der Waals surface area contributed by atoms with E-state index in [0.29, 0.717) is 6.54 Å². The van der Waals surface area contributed by atoms with E-state index in [1.807, 2.05) is 11.3 Å². The zero-order valence-corrected chi connectivity index (χ0v) is 8.81. The minimum Gasteiger partial charge on any atom is -0.326 e. The van der Waals surface area contributed by atoms with E-state index in [2.05, 4.69) is 24.3 Å². The number of thiophene rings is 1. The summed E-state index contributed by atoms with van der Waals surface area (Å²) in [5.41, 5.74) is 7.15. The Bertz CT molecular complexity index is 468. The Morgan fingerprint density at radius 3 is 2.86 bits per heavy atom. The van der Waals surface area contributed by atoms with Gasteiger partial charge in [0.25, 0.3) is 0 Å². The molecule has 0 bridgehead atoms. The van der Waals surface area contributed by atoms with Crippen molar-refractivity contribution in [3.05, 3.63) is 34.7 Å². The van der Waals surface area contributed by atoms with Gasteiger partial charge in [0.15, 0.2) is 0 Å². The predicted molar refractivity (Wildman–Crippen MR) is 61.7 cm³/mol. The summed E-state index contributed by atoms with van der Waals surface area (Å²) in [6.45, 7) is 0.665. The average molecular weight is 203 g/mol. The molecule has 3 rings (SSSR count). The van der Waals surface area contributed by atoms with Gasteiger partial charge in [0.2, 0.25) is 0 Å². The molecule has 0 saturated heterocycles. The van der Waals surface area contributed by atoms with E-state index in [9.17, 15) is 0 Å². The fourth-order valence-corrected chi connectivity index (χ4v) is 2.87. The van der Waals surface area contributed by atoms with Gasteiger partial charge in [-0.25, -0.2) is 0 Å². The molecule has 1 nitrogen and oxygen atoms in total. The van der Waals surface area contributed by atoms with Crippen molar-refractivity contribution >= 4 is 21.4 Å². The van der Waals surface area contributed by atoms with E-state index in [-0.39, 0.29) is 0 Å². The molecule has 1 heterocycles. The van der Waals surface area contributed by atoms with Gasteiger partial charge >= 0.3 is 0 Å². The molecule has 2 N–H and O–H groups in total. The van der Waals surface area contributed by atoms with Crippen molar-refractivity contribution in [2.24, 2.45) is 5.73 Å². The second-order valence-corrected chi connectivity index (χ2v) is 5.16. The highest BCUT2D eigenvalue weighted by Gasteiger charge is 2.23. The van der Waals surface area contributed by atoms with Crippen molar-refractivity contribution in [2.45, 2.75) is 25.3 Å². The number of rotatable bonds is 2. The second-order valence-electron chi connectivity index (χ2n) is 3.99. The maximum atomic E-state index is 5.63. The summed E-state index contributed by atoms with van der Waals surface area (Å²) in [6.07, 6.45) is 2.75. The quantitative estimate of drug-likeness (QED) is 0.796. The number of benzene rings is 1. The molecule has 1 aliphatic rings. The van der Waals surface area contributed by atoms with E-state index in [1.165, 1.54) is 33.4 Å². The van der Waals surface area contributed by atoms with Gasteiger partial charge < -0.3 is 5.73 Å². The number of hydrogen-bond acceptors (Lipinski definition) is 2. The third-order valence-corrected chi connectivity index (χ3v) is 3.97. The van der Waals surface area contributed by atoms with Crippen LogP contribution in [-0.4, -0.2) is 0 Å². The van der Waals surface area contributed by atoms with Gasteiger partial charge in [-0.15, -0.1) is 11.3 Å². The highest BCUT2D eigenvalue weighted by molar-refractivity contribution is 7.19. The summed E-state index contributed by atoms with van der Waals surface area (Å²) < 4.78 is 1.40. The molecule has 0 unspecified atom stereocenters. The molecule has 0 amide bonds. The molecule has 0 aliphatic heterocycles. The van der Waals surface area contributed by atoms with Crippen molar-refractivity contribution in [3.63, 3.8) is 0 Å². The smallest absolute Gasteiger partial charge is 0.0349 e. The summed E-state index contributed by atoms with van der Waals surface area (Å²) in [7, 11) is 0. The molecule has 1 aromatic carbocycles. The van der Waals surface area contributed by atoms with Crippen LogP contribution in [0.3, 0.4) is 0 Å². The fraction of sp³-hybridized carbons (Fsp3) is 0.333. The molecule has 2 aromatic rings. The lowest BCUT2D eigenvalue weighted by atomic mass is 10.1. The first kappa shape index (κ1) is 8.45. The van der Waals surface area contributed by atoms with Crippen molar-refractivity contribution < 1.29 is 0 Å². The highest BCUT2D eigenvalue weighted by Crippen LogP contribution is 2.41. The van der Waals surface area contributed by atoms with Crippen molar-refractivity contribution in [2.75, 3.05) is 0 Å². The predicted octanol–water partition coefficient (Wildman–Crippen LogP) is 3.24. The van der Waals surface area contributed by atoms with Crippen LogP contribution >= 0.6 is 11.3 Å². The Balaban J connectivity index is 2.12. The van der Waals surface area contributed by atoms with E-state index in [0.717, 1.165) is 5.92 Å². The van der Waals surface area contributed by atoms with Crippen molar-refractivity contribution in [1.29, 1.82) is 0 Å². The summed E-state index contributed by atoms with van der Waals surface area (Å²) in [4.78, 5) is 1.29. The topological polar surface area (TPSA) is 26.0 Å². The Hall–Kier alpha value is -0.860. The molecular weight excluding hydrogens is 190 g/mol. The summed E-state index contributed by atoms with van der Waals surface area (Å²) >= 11 is 1.83. The van der Waals surface area contributed by atoms with Gasteiger partial charge in [-0.1, -0.05) is 12.1 Å². The van der Waals surface area contributed by atoms with E-state index < -0.39 is 0 Å². The number of fused-ring (bicyclic) bond motifs is 1. The lowest BCUT2D eigenvalue weighted by Gasteiger charge is -1.96. The van der Waals surface area contributed by atoms with E-state index in [4.69, 9.17) is 5.73 Å². The zero-order valence-electron chi connectivity index (χ0n) is 7.99. The Kier molecular flexibility index (Phi) is 1.85. The first-order chi connectivity index (χ1) is 6.86. The fourth-order valence-electron chi connectivity index (χ4n) is 1.87. The standard InChI is InChI=1S/C12H13NS/c13-7-11-5-10-4-3-9(8-1-2-8)6-12(10)14-11/h3-6,8H,1-2,7,13H2. The normalized spacial score (nSPS) is 16.4. The van der Waals surface area contributed by atoms with Crippen LogP contribution < -0.4 is 5.73 Å². The number of hydrogen-bond donors (Lipinski definition) is 1. The highest BCUT2D eigenvalue weighted by atomic mass is 32.1. The molecule has 0 radical (unpaired) electrons. The summed E-state index contributed by atoms with van der Waals surface area (Å²) in [6, 6.07) is 9.05. The van der Waals surface area contributed by atoms with Crippen LogP contribution in [0.15, 0.2) is 24.3 Å². The van der Waals surface area contributed by atoms with Gasteiger partial charge in [-0.05, 0) is 41.8 Å². The Morgan fingerprint density at radius 1 is 1.29 bits per heavy atom. The van der Waals surface area contributed by atoms with Gasteiger partial charge in [-0.3, -0.25) is 0 Å². The lowest BCUT2D eigenvalue weighted by Crippen LogP contribution is -1.90. The second kappa shape index (κ2) is 3.07. The molecule has 0 atom stereocenters. The van der Waals surface area contributed by atoms with Crippen LogP contribution in [0.5, 0.6) is 0 Å². The molecule has 2 heteroatoms. The molecule has 72 valence electrons. The van der Waals surface area contributed by atoms with Crippen LogP contribution in [0, 0.1) is 0 Å². The van der Waals surface area contributed by atoms with Crippen LogP contribution in [0.2, 0.25) is 0 Å². The molecule has 1 aromatic heterocycles. The van der Waals surface area contributed by atoms with Gasteiger partial charge in [0.05, 0.1) is 0 Å². The minimum atomic E-state index is 0.665. The molecule has 0 spiro atoms. The largest absolute Gasteiger partial charge is 0.326 e. The monoisotopic (exact) mass is 203 g/mol. The third kappa shape index (κ3) is 1.35. The first-order valence-corrected chi connectivity index (χ1v) is 5.91. The zero-order chi connectivity index (χ0) is 9.54. The van der Waals surface area contributed by atoms with Crippen LogP contribution in [0.1, 0.15) is 29.2 Å². The molecular formula is C12H13NS. The Morgan fingerprint density at radius 2 is 2.14 bits per heavy atom. The van der Waals surface area contributed by atoms with Crippen LogP contribution in [0.4, 0.5) is 0 Å². The average Bonchev–Trinajstić information content (AvgIpc) is 2.97. The van der Waals surface area contributed by atoms with Crippen molar-refractivity contribution in [3.8, 4) is 0 Å². The van der Waals surface area contributed by atoms with Gasteiger partial charge in [-0.2, -0.15) is 0 Å². The van der Waals surface area contributed by atoms with E-state index >= 15 is 0 Å². The SMILES string of the molecule is NCc1cc2ccc(C3CC3)cc2s1. The van der Waals surface area contributed by atoms with Crippen molar-refractivity contribution in [1.82, 2.24) is 0 Å². The van der Waals surface area contributed by atoms with Crippen LogP contribution in [0.25, 0.3) is 10.1 Å². The first-order valence-electron chi connectivity index (χ1n) is 5.09. The summed E-state index contributed by atoms with van der Waals surface area (Å²) in [5.74, 6) is 0.850. The molecule has 14 heavy (non-hydrogen) atoms. The number of nitrogens with two attached hydrogens (primary N) is 1. The summed E-state index contributed by atoms with van der Waals surface area (Å²) in [5, 5.41) is 1.35. The minimum absolute atomic E-state index is 0.665. The third-order valence-electron chi connectivity index (χ3n) is 2.85. The maximum Gasteiger partial charge on any atom is 0.0349 e. The van der Waals surface area contributed by atoms with E-state index in [1.54, 1.807) is 0 Å². The van der Waals surface area contributed by atoms with Crippen LogP contribution in [-0.2, 0) is 6.54 Å². The molecule has 1 saturated carbocycles. The van der Waals surface area contributed by atoms with Gasteiger partial charge in [0, 0.05) is 16.1 Å². The Labute approximate surface area is 87.5 Å². The maximum absolute atomic E-state index is 5.63. The molecule has 1 fully saturated rings.